The molecule has 2 heterocycles. The van der Waals surface area contributed by atoms with Gasteiger partial charge in [-0.05, 0) is 46.2 Å². The number of hydrogen-bond donors (Lipinski definition) is 1. The molecule has 0 radical (unpaired) electrons. The van der Waals surface area contributed by atoms with Crippen LogP contribution in [0.1, 0.15) is 51.5 Å². The minimum atomic E-state index is -0.699. The first-order valence-corrected chi connectivity index (χ1v) is 10.2. The second-order valence-corrected chi connectivity index (χ2v) is 8.52. The maximum absolute atomic E-state index is 14.3. The summed E-state index contributed by atoms with van der Waals surface area (Å²) in [5.74, 6) is -0.341. The lowest BCUT2D eigenvalue weighted by molar-refractivity contribution is 0.0499. The van der Waals surface area contributed by atoms with Gasteiger partial charge in [-0.15, -0.1) is 0 Å². The van der Waals surface area contributed by atoms with Crippen LogP contribution in [0.3, 0.4) is 0 Å². The number of amides is 1. The first-order valence-electron chi connectivity index (χ1n) is 9.84. The van der Waals surface area contributed by atoms with Crippen LogP contribution in [0.25, 0.3) is 16.6 Å². The number of carbonyl (C=O) groups is 1. The Balaban J connectivity index is 2.27. The average Bonchev–Trinajstić information content (AvgIpc) is 2.67. The standard InChI is InChI=1S/C22H24ClFN4O3/c1-6-15(27-21(30)31-22(3,4)5)19-26-16-9-7-8-13(23)18(16)20(29)28(19)17-11-25-10-14(24)12(17)2/h7-11,15H,6H2,1-5H3,(H,27,30)/t15-/m0/s1. The van der Waals surface area contributed by atoms with E-state index in [4.69, 9.17) is 16.3 Å². The lowest BCUT2D eigenvalue weighted by atomic mass is 10.1. The Morgan fingerprint density at radius 2 is 2.03 bits per heavy atom. The predicted molar refractivity (Wildman–Crippen MR) is 117 cm³/mol. The summed E-state index contributed by atoms with van der Waals surface area (Å²) in [5.41, 5.74) is -0.367. The normalized spacial score (nSPS) is 12.6. The van der Waals surface area contributed by atoms with Crippen LogP contribution in [-0.2, 0) is 4.74 Å². The maximum atomic E-state index is 14.3. The number of nitrogens with one attached hydrogen (secondary N) is 1. The van der Waals surface area contributed by atoms with E-state index in [1.807, 2.05) is 6.92 Å². The van der Waals surface area contributed by atoms with E-state index in [-0.39, 0.29) is 27.5 Å². The van der Waals surface area contributed by atoms with E-state index in [1.54, 1.807) is 45.9 Å². The number of hydrogen-bond acceptors (Lipinski definition) is 5. The van der Waals surface area contributed by atoms with Crippen molar-refractivity contribution in [2.75, 3.05) is 0 Å². The Kier molecular flexibility index (Phi) is 6.31. The largest absolute Gasteiger partial charge is 0.444 e. The zero-order valence-corrected chi connectivity index (χ0v) is 18.7. The third-order valence-electron chi connectivity index (χ3n) is 4.65. The Bertz CT molecular complexity index is 1200. The summed E-state index contributed by atoms with van der Waals surface area (Å²) in [6, 6.07) is 4.24. The van der Waals surface area contributed by atoms with Crippen LogP contribution in [0.4, 0.5) is 9.18 Å². The molecule has 1 atom stereocenters. The van der Waals surface area contributed by atoms with E-state index in [0.29, 0.717) is 11.9 Å². The number of rotatable bonds is 4. The lowest BCUT2D eigenvalue weighted by Crippen LogP contribution is -2.38. The molecule has 0 aliphatic carbocycles. The number of carbonyl (C=O) groups excluding carboxylic acids is 1. The van der Waals surface area contributed by atoms with Gasteiger partial charge < -0.3 is 10.1 Å². The molecule has 0 saturated carbocycles. The van der Waals surface area contributed by atoms with Crippen LogP contribution >= 0.6 is 11.6 Å². The van der Waals surface area contributed by atoms with Crippen molar-refractivity contribution in [3.05, 3.63) is 63.2 Å². The minimum absolute atomic E-state index is 0.198. The molecule has 1 amide bonds. The van der Waals surface area contributed by atoms with Gasteiger partial charge in [0.05, 0.1) is 40.0 Å². The van der Waals surface area contributed by atoms with Gasteiger partial charge >= 0.3 is 6.09 Å². The molecule has 0 bridgehead atoms. The van der Waals surface area contributed by atoms with E-state index in [9.17, 15) is 14.0 Å². The van der Waals surface area contributed by atoms with Crippen LogP contribution in [0.15, 0.2) is 35.4 Å². The van der Waals surface area contributed by atoms with Gasteiger partial charge in [0.2, 0.25) is 0 Å². The number of fused-ring (bicyclic) bond motifs is 1. The van der Waals surface area contributed by atoms with Gasteiger partial charge in [0.15, 0.2) is 0 Å². The van der Waals surface area contributed by atoms with Gasteiger partial charge in [-0.1, -0.05) is 24.6 Å². The molecule has 31 heavy (non-hydrogen) atoms. The van der Waals surface area contributed by atoms with Crippen molar-refractivity contribution in [1.82, 2.24) is 19.9 Å². The second kappa shape index (κ2) is 8.63. The average molecular weight is 447 g/mol. The van der Waals surface area contributed by atoms with Gasteiger partial charge in [0.1, 0.15) is 17.2 Å². The van der Waals surface area contributed by atoms with Gasteiger partial charge in [0.25, 0.3) is 5.56 Å². The van der Waals surface area contributed by atoms with Gasteiger partial charge in [-0.3, -0.25) is 14.3 Å². The van der Waals surface area contributed by atoms with Gasteiger partial charge in [0, 0.05) is 5.56 Å². The fraction of sp³-hybridized carbons (Fsp3) is 0.364. The number of benzene rings is 1. The smallest absolute Gasteiger partial charge is 0.408 e. The van der Waals surface area contributed by atoms with Crippen molar-refractivity contribution in [3.8, 4) is 5.69 Å². The van der Waals surface area contributed by atoms with E-state index in [1.165, 1.54) is 10.8 Å². The van der Waals surface area contributed by atoms with Crippen LogP contribution < -0.4 is 10.9 Å². The van der Waals surface area contributed by atoms with Crippen molar-refractivity contribution in [3.63, 3.8) is 0 Å². The summed E-state index contributed by atoms with van der Waals surface area (Å²) in [6.07, 6.45) is 2.20. The van der Waals surface area contributed by atoms with E-state index < -0.39 is 29.1 Å². The lowest BCUT2D eigenvalue weighted by Gasteiger charge is -2.25. The molecule has 0 spiro atoms. The first-order chi connectivity index (χ1) is 14.5. The molecule has 2 aromatic heterocycles. The quantitative estimate of drug-likeness (QED) is 0.618. The van der Waals surface area contributed by atoms with Crippen LogP contribution in [0.5, 0.6) is 0 Å². The molecule has 1 N–H and O–H groups in total. The number of alkyl carbamates (subject to hydrolysis) is 1. The summed E-state index contributed by atoms with van der Waals surface area (Å²) < 4.78 is 20.9. The summed E-state index contributed by atoms with van der Waals surface area (Å²) in [7, 11) is 0. The molecule has 0 aliphatic rings. The fourth-order valence-electron chi connectivity index (χ4n) is 3.19. The van der Waals surface area contributed by atoms with Crippen molar-refractivity contribution < 1.29 is 13.9 Å². The van der Waals surface area contributed by atoms with E-state index in [2.05, 4.69) is 15.3 Å². The zero-order valence-electron chi connectivity index (χ0n) is 18.0. The van der Waals surface area contributed by atoms with Gasteiger partial charge in [-0.2, -0.15) is 0 Å². The summed E-state index contributed by atoms with van der Waals surface area (Å²) in [5, 5.41) is 3.18. The number of nitrogens with zero attached hydrogens (tertiary/aromatic N) is 3. The third kappa shape index (κ3) is 4.69. The number of ether oxygens (including phenoxy) is 1. The topological polar surface area (TPSA) is 86.1 Å². The molecule has 9 heteroatoms. The first kappa shape index (κ1) is 22.7. The molecule has 0 aliphatic heterocycles. The highest BCUT2D eigenvalue weighted by Gasteiger charge is 2.26. The monoisotopic (exact) mass is 446 g/mol. The molecule has 0 fully saturated rings. The molecule has 3 aromatic rings. The Morgan fingerprint density at radius 3 is 2.68 bits per heavy atom. The van der Waals surface area contributed by atoms with Crippen LogP contribution in [0.2, 0.25) is 5.02 Å². The minimum Gasteiger partial charge on any atom is -0.444 e. The van der Waals surface area contributed by atoms with Crippen molar-refractivity contribution in [1.29, 1.82) is 0 Å². The maximum Gasteiger partial charge on any atom is 0.408 e. The SMILES string of the molecule is CC[C@H](NC(=O)OC(C)(C)C)c1nc2cccc(Cl)c2c(=O)n1-c1cncc(F)c1C. The molecule has 1 aromatic carbocycles. The van der Waals surface area contributed by atoms with E-state index >= 15 is 0 Å². The molecule has 0 saturated heterocycles. The van der Waals surface area contributed by atoms with Crippen molar-refractivity contribution in [2.45, 2.75) is 52.7 Å². The Labute approximate surface area is 184 Å². The number of pyridine rings is 1. The molecular formula is C22H24ClFN4O3. The van der Waals surface area contributed by atoms with Crippen molar-refractivity contribution in [2.24, 2.45) is 0 Å². The van der Waals surface area contributed by atoms with Crippen LogP contribution in [-0.4, -0.2) is 26.2 Å². The Hall–Kier alpha value is -3.00. The highest BCUT2D eigenvalue weighted by molar-refractivity contribution is 6.35. The fourth-order valence-corrected chi connectivity index (χ4v) is 3.44. The predicted octanol–water partition coefficient (Wildman–Crippen LogP) is 4.86. The summed E-state index contributed by atoms with van der Waals surface area (Å²) in [6.45, 7) is 8.63. The molecule has 0 unspecified atom stereocenters. The van der Waals surface area contributed by atoms with Crippen molar-refractivity contribution >= 4 is 28.6 Å². The highest BCUT2D eigenvalue weighted by atomic mass is 35.5. The van der Waals surface area contributed by atoms with Crippen LogP contribution in [0, 0.1) is 12.7 Å². The highest BCUT2D eigenvalue weighted by Crippen LogP contribution is 2.26. The number of aromatic nitrogens is 3. The second-order valence-electron chi connectivity index (χ2n) is 8.12. The molecule has 3 rings (SSSR count). The third-order valence-corrected chi connectivity index (χ3v) is 4.97. The summed E-state index contributed by atoms with van der Waals surface area (Å²) in [4.78, 5) is 34.5. The number of halogens is 2. The molecule has 7 nitrogen and oxygen atoms in total. The van der Waals surface area contributed by atoms with Gasteiger partial charge in [-0.25, -0.2) is 14.2 Å². The Morgan fingerprint density at radius 1 is 1.32 bits per heavy atom. The van der Waals surface area contributed by atoms with E-state index in [0.717, 1.165) is 6.20 Å². The zero-order chi connectivity index (χ0) is 22.9. The summed E-state index contributed by atoms with van der Waals surface area (Å²) >= 11 is 6.28. The molecular weight excluding hydrogens is 423 g/mol. The molecule has 164 valence electrons.